The van der Waals surface area contributed by atoms with E-state index in [0.717, 1.165) is 22.0 Å². The van der Waals surface area contributed by atoms with Crippen molar-refractivity contribution in [3.63, 3.8) is 0 Å². The molecule has 0 amide bonds. The fourth-order valence-electron chi connectivity index (χ4n) is 4.10. The van der Waals surface area contributed by atoms with Crippen molar-refractivity contribution in [2.24, 2.45) is 5.92 Å². The van der Waals surface area contributed by atoms with Crippen LogP contribution in [-0.2, 0) is 11.2 Å². The number of nitrogens with two attached hydrogens (primary N) is 1. The lowest BCUT2D eigenvalue weighted by molar-refractivity contribution is -0.142. The zero-order valence-electron chi connectivity index (χ0n) is 17.1. The van der Waals surface area contributed by atoms with Crippen molar-refractivity contribution in [1.82, 2.24) is 4.98 Å². The number of pyridine rings is 1. The molecule has 0 unspecified atom stereocenters. The predicted octanol–water partition coefficient (Wildman–Crippen LogP) is 5.02. The van der Waals surface area contributed by atoms with Crippen LogP contribution < -0.4 is 15.4 Å². The Morgan fingerprint density at radius 1 is 1.23 bits per heavy atom. The van der Waals surface area contributed by atoms with Gasteiger partial charge in [-0.15, -0.1) is 0 Å². The number of halogens is 2. The number of hydrogen-bond donors (Lipinski definition) is 2. The summed E-state index contributed by atoms with van der Waals surface area (Å²) in [5, 5.41) is 11.3. The maximum atomic E-state index is 11.3. The van der Waals surface area contributed by atoms with E-state index in [2.05, 4.69) is 4.90 Å². The van der Waals surface area contributed by atoms with Gasteiger partial charge in [-0.3, -0.25) is 4.79 Å². The summed E-state index contributed by atoms with van der Waals surface area (Å²) in [5.74, 6) is 0.236. The van der Waals surface area contributed by atoms with Gasteiger partial charge in [0.1, 0.15) is 5.75 Å². The standard InChI is InChI=1S/C23H23Cl2N3O3/c1-31-20-5-2-13(11-18(20)25)10-17-16-12-15(24)3-4-19(16)27-22(21(17)26)28-8-6-14(7-9-28)23(29)30/h2-5,11-12,14H,6-10,26H2,1H3,(H,29,30). The van der Waals surface area contributed by atoms with E-state index in [1.54, 1.807) is 7.11 Å². The molecule has 1 aliphatic rings. The van der Waals surface area contributed by atoms with E-state index < -0.39 is 5.97 Å². The highest BCUT2D eigenvalue weighted by molar-refractivity contribution is 6.32. The van der Waals surface area contributed by atoms with Crippen molar-refractivity contribution >= 4 is 51.6 Å². The van der Waals surface area contributed by atoms with Gasteiger partial charge in [-0.2, -0.15) is 0 Å². The summed E-state index contributed by atoms with van der Waals surface area (Å²) in [6.45, 7) is 1.20. The Morgan fingerprint density at radius 3 is 2.61 bits per heavy atom. The summed E-state index contributed by atoms with van der Waals surface area (Å²) in [6, 6.07) is 11.2. The summed E-state index contributed by atoms with van der Waals surface area (Å²) >= 11 is 12.6. The van der Waals surface area contributed by atoms with E-state index in [0.29, 0.717) is 59.7 Å². The third kappa shape index (κ3) is 4.36. The first-order valence-electron chi connectivity index (χ1n) is 10.0. The van der Waals surface area contributed by atoms with Crippen molar-refractivity contribution in [3.05, 3.63) is 57.6 Å². The molecule has 31 heavy (non-hydrogen) atoms. The maximum Gasteiger partial charge on any atom is 0.306 e. The highest BCUT2D eigenvalue weighted by Crippen LogP contribution is 2.36. The lowest BCUT2D eigenvalue weighted by Crippen LogP contribution is -2.37. The third-order valence-electron chi connectivity index (χ3n) is 5.82. The molecule has 162 valence electrons. The topological polar surface area (TPSA) is 88.7 Å². The number of aromatic nitrogens is 1. The number of carbonyl (C=O) groups is 1. The molecule has 2 heterocycles. The minimum Gasteiger partial charge on any atom is -0.495 e. The molecule has 1 aliphatic heterocycles. The van der Waals surface area contributed by atoms with E-state index in [4.69, 9.17) is 38.7 Å². The minimum atomic E-state index is -0.745. The molecule has 2 aromatic carbocycles. The Kier molecular flexibility index (Phi) is 6.12. The number of anilines is 2. The lowest BCUT2D eigenvalue weighted by Gasteiger charge is -2.32. The number of benzene rings is 2. The molecule has 0 radical (unpaired) electrons. The number of ether oxygens (including phenoxy) is 1. The molecule has 1 saturated heterocycles. The van der Waals surface area contributed by atoms with E-state index in [9.17, 15) is 9.90 Å². The van der Waals surface area contributed by atoms with Gasteiger partial charge in [-0.1, -0.05) is 29.3 Å². The van der Waals surface area contributed by atoms with Crippen LogP contribution >= 0.6 is 23.2 Å². The molecular weight excluding hydrogens is 437 g/mol. The average molecular weight is 460 g/mol. The molecule has 1 aromatic heterocycles. The molecule has 6 nitrogen and oxygen atoms in total. The summed E-state index contributed by atoms with van der Waals surface area (Å²) in [7, 11) is 1.58. The van der Waals surface area contributed by atoms with Gasteiger partial charge in [0.15, 0.2) is 5.82 Å². The van der Waals surface area contributed by atoms with Gasteiger partial charge in [-0.05, 0) is 54.3 Å². The number of fused-ring (bicyclic) bond motifs is 1. The second-order valence-electron chi connectivity index (χ2n) is 7.73. The van der Waals surface area contributed by atoms with Gasteiger partial charge in [0.25, 0.3) is 0 Å². The summed E-state index contributed by atoms with van der Waals surface area (Å²) < 4.78 is 5.25. The Bertz CT molecular complexity index is 1140. The highest BCUT2D eigenvalue weighted by atomic mass is 35.5. The number of rotatable bonds is 5. The number of nitrogens with zero attached hydrogens (tertiary/aromatic N) is 2. The molecular formula is C23H23Cl2N3O3. The normalized spacial score (nSPS) is 14.7. The van der Waals surface area contributed by atoms with Gasteiger partial charge >= 0.3 is 5.97 Å². The van der Waals surface area contributed by atoms with Crippen molar-refractivity contribution in [1.29, 1.82) is 0 Å². The number of nitrogen functional groups attached to an aromatic ring is 1. The van der Waals surface area contributed by atoms with Crippen LogP contribution in [0.2, 0.25) is 10.0 Å². The fraction of sp³-hybridized carbons (Fsp3) is 0.304. The van der Waals surface area contributed by atoms with Crippen molar-refractivity contribution < 1.29 is 14.6 Å². The van der Waals surface area contributed by atoms with Gasteiger partial charge < -0.3 is 20.5 Å². The van der Waals surface area contributed by atoms with E-state index >= 15 is 0 Å². The van der Waals surface area contributed by atoms with Crippen LogP contribution in [0.25, 0.3) is 10.9 Å². The van der Waals surface area contributed by atoms with Crippen molar-refractivity contribution in [2.75, 3.05) is 30.8 Å². The van der Waals surface area contributed by atoms with Gasteiger partial charge in [-0.25, -0.2) is 4.98 Å². The second-order valence-corrected chi connectivity index (χ2v) is 8.58. The first-order chi connectivity index (χ1) is 14.9. The number of piperidine rings is 1. The Hall–Kier alpha value is -2.70. The monoisotopic (exact) mass is 459 g/mol. The molecule has 3 aromatic rings. The molecule has 0 aliphatic carbocycles. The molecule has 8 heteroatoms. The number of carboxylic acid groups (broad SMARTS) is 1. The number of aliphatic carboxylic acids is 1. The molecule has 1 fully saturated rings. The van der Waals surface area contributed by atoms with Crippen LogP contribution in [0.1, 0.15) is 24.0 Å². The highest BCUT2D eigenvalue weighted by Gasteiger charge is 2.27. The number of hydrogen-bond acceptors (Lipinski definition) is 5. The Morgan fingerprint density at radius 2 is 1.97 bits per heavy atom. The van der Waals surface area contributed by atoms with Crippen molar-refractivity contribution in [2.45, 2.75) is 19.3 Å². The minimum absolute atomic E-state index is 0.322. The average Bonchev–Trinajstić information content (AvgIpc) is 2.76. The van der Waals surface area contributed by atoms with Crippen molar-refractivity contribution in [3.8, 4) is 5.75 Å². The van der Waals surface area contributed by atoms with E-state index in [-0.39, 0.29) is 5.92 Å². The third-order valence-corrected chi connectivity index (χ3v) is 6.35. The molecule has 0 atom stereocenters. The predicted molar refractivity (Wildman–Crippen MR) is 125 cm³/mol. The van der Waals surface area contributed by atoms with E-state index in [1.807, 2.05) is 36.4 Å². The Balaban J connectivity index is 1.76. The number of carboxylic acids is 1. The lowest BCUT2D eigenvalue weighted by atomic mass is 9.95. The molecule has 0 spiro atoms. The van der Waals surface area contributed by atoms with E-state index in [1.165, 1.54) is 0 Å². The SMILES string of the molecule is COc1ccc(Cc2c(N)c(N3CCC(C(=O)O)CC3)nc3ccc(Cl)cc23)cc1Cl. The summed E-state index contributed by atoms with van der Waals surface area (Å²) in [5.41, 5.74) is 9.93. The largest absolute Gasteiger partial charge is 0.495 e. The van der Waals surface area contributed by atoms with Crippen LogP contribution in [0, 0.1) is 5.92 Å². The molecule has 0 bridgehead atoms. The summed E-state index contributed by atoms with van der Waals surface area (Å²) in [4.78, 5) is 18.2. The van der Waals surface area contributed by atoms with Gasteiger partial charge in [0, 0.05) is 29.9 Å². The van der Waals surface area contributed by atoms with Crippen LogP contribution in [0.5, 0.6) is 5.75 Å². The molecule has 4 rings (SSSR count). The van der Waals surface area contributed by atoms with Gasteiger partial charge in [0.2, 0.25) is 0 Å². The van der Waals surface area contributed by atoms with Crippen LogP contribution in [0.4, 0.5) is 11.5 Å². The van der Waals surface area contributed by atoms with Crippen LogP contribution in [0.15, 0.2) is 36.4 Å². The quantitative estimate of drug-likeness (QED) is 0.556. The maximum absolute atomic E-state index is 11.3. The number of methoxy groups -OCH3 is 1. The van der Waals surface area contributed by atoms with Gasteiger partial charge in [0.05, 0.1) is 29.3 Å². The molecule has 0 saturated carbocycles. The van der Waals surface area contributed by atoms with Crippen LogP contribution in [-0.4, -0.2) is 36.3 Å². The first kappa shape index (κ1) is 21.5. The van der Waals surface area contributed by atoms with Crippen LogP contribution in [0.3, 0.4) is 0 Å². The Labute approximate surface area is 190 Å². The molecule has 3 N–H and O–H groups in total. The zero-order valence-corrected chi connectivity index (χ0v) is 18.6. The smallest absolute Gasteiger partial charge is 0.306 e. The first-order valence-corrected chi connectivity index (χ1v) is 10.8. The fourth-order valence-corrected chi connectivity index (χ4v) is 4.55. The second kappa shape index (κ2) is 8.81. The summed E-state index contributed by atoms with van der Waals surface area (Å²) in [6.07, 6.45) is 1.69. The zero-order chi connectivity index (χ0) is 22.1.